The van der Waals surface area contributed by atoms with E-state index >= 15 is 0 Å². The zero-order valence-corrected chi connectivity index (χ0v) is 33.3. The molecule has 6 aromatic rings. The van der Waals surface area contributed by atoms with E-state index in [0.717, 1.165) is 42.3 Å². The van der Waals surface area contributed by atoms with E-state index in [9.17, 15) is 9.90 Å². The van der Waals surface area contributed by atoms with Crippen molar-refractivity contribution in [2.45, 2.75) is 87.0 Å². The minimum atomic E-state index is -0.337. The SMILES string of the molecule is CC(C)c1cc(-c2cc3c(cn2)sc2ccc(-c4ccccc4)n23)[c-]c2ccccc12.CCC(C)(CC)C(=O)/C=C(\O)C(C)(CC)CC.[Ir]. The van der Waals surface area contributed by atoms with Crippen molar-refractivity contribution in [2.24, 2.45) is 10.8 Å². The molecule has 3 aromatic heterocycles. The van der Waals surface area contributed by atoms with Crippen molar-refractivity contribution < 1.29 is 30.0 Å². The van der Waals surface area contributed by atoms with E-state index in [4.69, 9.17) is 4.98 Å². The molecule has 0 saturated carbocycles. The maximum atomic E-state index is 12.2. The maximum Gasteiger partial charge on any atom is 0.164 e. The smallest absolute Gasteiger partial charge is 0.164 e. The number of rotatable bonds is 10. The summed E-state index contributed by atoms with van der Waals surface area (Å²) in [5.41, 5.74) is 6.39. The molecule has 1 radical (unpaired) electrons. The van der Waals surface area contributed by atoms with Gasteiger partial charge in [-0.3, -0.25) is 9.78 Å². The van der Waals surface area contributed by atoms with Crippen LogP contribution < -0.4 is 0 Å². The van der Waals surface area contributed by atoms with Crippen molar-refractivity contribution in [2.75, 3.05) is 0 Å². The Kier molecular flexibility index (Phi) is 12.5. The van der Waals surface area contributed by atoms with Crippen LogP contribution in [0.3, 0.4) is 0 Å². The van der Waals surface area contributed by atoms with Crippen LogP contribution in [0.4, 0.5) is 0 Å². The zero-order chi connectivity index (χ0) is 34.6. The summed E-state index contributed by atoms with van der Waals surface area (Å²) in [5.74, 6) is 0.720. The molecule has 6 heteroatoms. The number of aliphatic hydroxyl groups is 1. The monoisotopic (exact) mass is 850 g/mol. The third-order valence-electron chi connectivity index (χ3n) is 10.5. The topological polar surface area (TPSA) is 54.6 Å². The zero-order valence-electron chi connectivity index (χ0n) is 30.1. The average Bonchev–Trinajstić information content (AvgIpc) is 3.70. The van der Waals surface area contributed by atoms with E-state index in [2.05, 4.69) is 103 Å². The normalized spacial score (nSPS) is 12.3. The summed E-state index contributed by atoms with van der Waals surface area (Å²) in [6, 6.07) is 31.6. The molecule has 259 valence electrons. The molecule has 0 bridgehead atoms. The summed E-state index contributed by atoms with van der Waals surface area (Å²) in [5, 5.41) is 12.6. The number of aromatic nitrogens is 2. The van der Waals surface area contributed by atoms with Gasteiger partial charge in [-0.2, -0.15) is 0 Å². The molecule has 49 heavy (non-hydrogen) atoms. The Morgan fingerprint density at radius 1 is 0.898 bits per heavy atom. The number of thiazole rings is 1. The van der Waals surface area contributed by atoms with Crippen LogP contribution in [0, 0.1) is 16.9 Å². The molecule has 0 saturated heterocycles. The van der Waals surface area contributed by atoms with E-state index in [1.807, 2.05) is 47.7 Å². The van der Waals surface area contributed by atoms with Gasteiger partial charge in [0.05, 0.1) is 15.9 Å². The molecule has 3 heterocycles. The Balaban J connectivity index is 0.000000260. The number of aliphatic hydroxyl groups excluding tert-OH is 1. The molecule has 0 fully saturated rings. The first-order valence-corrected chi connectivity index (χ1v) is 18.2. The number of hydrogen-bond acceptors (Lipinski definition) is 4. The molecule has 4 nitrogen and oxygen atoms in total. The quantitative estimate of drug-likeness (QED) is 0.0849. The number of nitrogens with zero attached hydrogens (tertiary/aromatic N) is 2. The second-order valence-electron chi connectivity index (χ2n) is 13.7. The summed E-state index contributed by atoms with van der Waals surface area (Å²) in [4.78, 5) is 18.2. The Hall–Kier alpha value is -3.57. The average molecular weight is 850 g/mol. The van der Waals surface area contributed by atoms with Gasteiger partial charge >= 0.3 is 0 Å². The standard InChI is InChI=1S/C28H21N2S.C15H28O2.Ir/c1-18(2)23-15-21(14-20-10-6-7-11-22(20)23)24-16-26-27(17-29-24)31-28-13-12-25(30(26)28)19-8-4-3-5-9-19;1-7-14(5,8-2)12(16)11-13(17)15(6,9-3)10-4;/h3-13,15-18H,1-2H3;11,16H,7-10H2,1-6H3;/q-1;;/b;12-11-;. The second kappa shape index (κ2) is 16.0. The van der Waals surface area contributed by atoms with Gasteiger partial charge in [-0.05, 0) is 55.4 Å². The van der Waals surface area contributed by atoms with Crippen LogP contribution in [0.15, 0.2) is 96.9 Å². The molecular weight excluding hydrogens is 801 g/mol. The van der Waals surface area contributed by atoms with Gasteiger partial charge < -0.3 is 9.51 Å². The minimum Gasteiger partial charge on any atom is -0.512 e. The number of ketones is 1. The van der Waals surface area contributed by atoms with Crippen molar-refractivity contribution in [3.63, 3.8) is 0 Å². The predicted octanol–water partition coefficient (Wildman–Crippen LogP) is 12.6. The van der Waals surface area contributed by atoms with Crippen molar-refractivity contribution in [1.29, 1.82) is 0 Å². The van der Waals surface area contributed by atoms with Gasteiger partial charge in [0.1, 0.15) is 10.6 Å². The Labute approximate surface area is 309 Å². The number of carbonyl (C=O) groups excluding carboxylic acids is 1. The van der Waals surface area contributed by atoms with E-state index < -0.39 is 0 Å². The maximum absolute atomic E-state index is 12.2. The van der Waals surface area contributed by atoms with Gasteiger partial charge in [-0.15, -0.1) is 40.5 Å². The van der Waals surface area contributed by atoms with E-state index in [1.165, 1.54) is 43.3 Å². The van der Waals surface area contributed by atoms with Crippen LogP contribution >= 0.6 is 11.3 Å². The number of fused-ring (bicyclic) bond motifs is 4. The number of benzene rings is 3. The largest absolute Gasteiger partial charge is 0.512 e. The molecule has 0 unspecified atom stereocenters. The molecule has 0 amide bonds. The first-order valence-electron chi connectivity index (χ1n) is 17.3. The van der Waals surface area contributed by atoms with Crippen LogP contribution in [-0.4, -0.2) is 20.3 Å². The molecule has 0 spiro atoms. The van der Waals surface area contributed by atoms with Gasteiger partial charge in [-0.25, -0.2) is 0 Å². The molecular formula is C43H49IrN2O2S-. The van der Waals surface area contributed by atoms with Gasteiger partial charge in [0.2, 0.25) is 0 Å². The van der Waals surface area contributed by atoms with E-state index in [-0.39, 0.29) is 42.5 Å². The third kappa shape index (κ3) is 7.77. The second-order valence-corrected chi connectivity index (χ2v) is 14.7. The minimum absolute atomic E-state index is 0. The number of allylic oxidation sites excluding steroid dienone is 2. The van der Waals surface area contributed by atoms with Crippen molar-refractivity contribution in [3.8, 4) is 22.5 Å². The van der Waals surface area contributed by atoms with Crippen molar-refractivity contribution >= 4 is 42.9 Å². The van der Waals surface area contributed by atoms with Crippen molar-refractivity contribution in [1.82, 2.24) is 9.38 Å². The summed E-state index contributed by atoms with van der Waals surface area (Å²) in [6.45, 7) is 16.6. The molecule has 6 rings (SSSR count). The molecule has 0 aliphatic heterocycles. The van der Waals surface area contributed by atoms with Crippen LogP contribution in [0.5, 0.6) is 0 Å². The molecule has 0 atom stereocenters. The molecule has 1 N–H and O–H groups in total. The van der Waals surface area contributed by atoms with Crippen LogP contribution in [-0.2, 0) is 24.9 Å². The summed E-state index contributed by atoms with van der Waals surface area (Å²) in [6.07, 6.45) is 6.76. The van der Waals surface area contributed by atoms with Gasteiger partial charge in [0.25, 0.3) is 0 Å². The predicted molar refractivity (Wildman–Crippen MR) is 205 cm³/mol. The molecule has 3 aromatic carbocycles. The third-order valence-corrected chi connectivity index (χ3v) is 11.6. The number of hydrogen-bond donors (Lipinski definition) is 1. The summed E-state index contributed by atoms with van der Waals surface area (Å²) in [7, 11) is 0. The van der Waals surface area contributed by atoms with Gasteiger partial charge in [-0.1, -0.05) is 115 Å². The first kappa shape index (κ1) is 38.2. The first-order chi connectivity index (χ1) is 23.0. The molecule has 0 aliphatic rings. The summed E-state index contributed by atoms with van der Waals surface area (Å²) < 4.78 is 3.55. The fraction of sp³-hybridized carbons (Fsp3) is 0.349. The van der Waals surface area contributed by atoms with Gasteiger partial charge in [0.15, 0.2) is 5.78 Å². The Morgan fingerprint density at radius 2 is 1.53 bits per heavy atom. The van der Waals surface area contributed by atoms with Crippen LogP contribution in [0.2, 0.25) is 0 Å². The van der Waals surface area contributed by atoms with Crippen molar-refractivity contribution in [3.05, 3.63) is 109 Å². The fourth-order valence-electron chi connectivity index (χ4n) is 6.08. The van der Waals surface area contributed by atoms with Crippen LogP contribution in [0.1, 0.15) is 92.6 Å². The van der Waals surface area contributed by atoms with E-state index in [1.54, 1.807) is 11.3 Å². The Bertz CT molecular complexity index is 2060. The van der Waals surface area contributed by atoms with E-state index in [0.29, 0.717) is 5.92 Å². The number of pyridine rings is 1. The van der Waals surface area contributed by atoms with Gasteiger partial charge in [0, 0.05) is 48.9 Å². The summed E-state index contributed by atoms with van der Waals surface area (Å²) >= 11 is 1.78. The number of carbonyl (C=O) groups is 1. The molecule has 0 aliphatic carbocycles. The Morgan fingerprint density at radius 3 is 2.16 bits per heavy atom. The van der Waals surface area contributed by atoms with Crippen LogP contribution in [0.25, 0.3) is 48.3 Å². The fourth-order valence-corrected chi connectivity index (χ4v) is 7.09.